The standard InChI is InChI=1S/C15H26O/c1-9-5-7-12-13(14(12,3)4)15(16)10(2)6-8-11(9)15/h9-13,16H,5-8H2,1-4H3/t9-,10-,11-,12-,13+,15+/m0/s1. The van der Waals surface area contributed by atoms with Crippen LogP contribution in [-0.4, -0.2) is 10.7 Å². The third-order valence-corrected chi connectivity index (χ3v) is 6.46. The third-order valence-electron chi connectivity index (χ3n) is 6.46. The van der Waals surface area contributed by atoms with Gasteiger partial charge in [0.25, 0.3) is 0 Å². The highest BCUT2D eigenvalue weighted by molar-refractivity contribution is 5.20. The molecule has 16 heavy (non-hydrogen) atoms. The van der Waals surface area contributed by atoms with Crippen LogP contribution in [0.15, 0.2) is 0 Å². The van der Waals surface area contributed by atoms with Crippen LogP contribution in [0.25, 0.3) is 0 Å². The molecule has 0 aromatic rings. The Kier molecular flexibility index (Phi) is 2.11. The molecule has 3 aliphatic rings. The summed E-state index contributed by atoms with van der Waals surface area (Å²) >= 11 is 0. The number of rotatable bonds is 0. The summed E-state index contributed by atoms with van der Waals surface area (Å²) in [6.07, 6.45) is 5.19. The Morgan fingerprint density at radius 2 is 1.56 bits per heavy atom. The molecule has 0 aliphatic heterocycles. The number of hydrogen-bond acceptors (Lipinski definition) is 1. The minimum atomic E-state index is -0.329. The first-order chi connectivity index (χ1) is 7.40. The molecule has 3 aliphatic carbocycles. The first-order valence-corrected chi connectivity index (χ1v) is 7.12. The number of fused-ring (bicyclic) bond motifs is 3. The van der Waals surface area contributed by atoms with Crippen molar-refractivity contribution in [3.63, 3.8) is 0 Å². The molecule has 3 fully saturated rings. The quantitative estimate of drug-likeness (QED) is 0.665. The second kappa shape index (κ2) is 3.04. The lowest BCUT2D eigenvalue weighted by Gasteiger charge is -2.38. The fraction of sp³-hybridized carbons (Fsp3) is 1.00. The average molecular weight is 222 g/mol. The summed E-state index contributed by atoms with van der Waals surface area (Å²) in [5.41, 5.74) is 0.0792. The van der Waals surface area contributed by atoms with E-state index in [4.69, 9.17) is 0 Å². The van der Waals surface area contributed by atoms with E-state index in [1.54, 1.807) is 0 Å². The zero-order valence-electron chi connectivity index (χ0n) is 11.2. The Balaban J connectivity index is 2.00. The summed E-state index contributed by atoms with van der Waals surface area (Å²) in [6, 6.07) is 0. The zero-order valence-corrected chi connectivity index (χ0v) is 11.2. The van der Waals surface area contributed by atoms with Gasteiger partial charge in [-0.05, 0) is 54.3 Å². The lowest BCUT2D eigenvalue weighted by atomic mass is 9.73. The lowest BCUT2D eigenvalue weighted by molar-refractivity contribution is -0.0738. The molecular formula is C15H26O. The largest absolute Gasteiger partial charge is 0.389 e. The molecule has 0 bridgehead atoms. The summed E-state index contributed by atoms with van der Waals surface area (Å²) < 4.78 is 0. The maximum absolute atomic E-state index is 11.3. The molecule has 0 aromatic heterocycles. The van der Waals surface area contributed by atoms with Crippen molar-refractivity contribution < 1.29 is 5.11 Å². The summed E-state index contributed by atoms with van der Waals surface area (Å²) in [4.78, 5) is 0. The molecule has 0 unspecified atom stereocenters. The van der Waals surface area contributed by atoms with E-state index in [1.807, 2.05) is 0 Å². The van der Waals surface area contributed by atoms with Gasteiger partial charge < -0.3 is 5.11 Å². The minimum Gasteiger partial charge on any atom is -0.389 e. The molecule has 6 atom stereocenters. The second-order valence-electron chi connectivity index (χ2n) is 7.43. The van der Waals surface area contributed by atoms with Gasteiger partial charge in [0.1, 0.15) is 0 Å². The van der Waals surface area contributed by atoms with E-state index in [9.17, 15) is 5.11 Å². The SMILES string of the molecule is C[C@H]1CC[C@H]2[C@H](C2(C)C)[C@@]2(O)[C@@H](C)CC[C@@H]12. The van der Waals surface area contributed by atoms with Gasteiger partial charge in [-0.3, -0.25) is 0 Å². The summed E-state index contributed by atoms with van der Waals surface area (Å²) in [5.74, 6) is 3.23. The zero-order chi connectivity index (χ0) is 11.7. The smallest absolute Gasteiger partial charge is 0.0739 e. The van der Waals surface area contributed by atoms with Gasteiger partial charge in [0.2, 0.25) is 0 Å². The van der Waals surface area contributed by atoms with Crippen molar-refractivity contribution in [2.24, 2.45) is 35.0 Å². The van der Waals surface area contributed by atoms with Gasteiger partial charge in [0.15, 0.2) is 0 Å². The summed E-state index contributed by atoms with van der Waals surface area (Å²) in [7, 11) is 0. The van der Waals surface area contributed by atoms with Crippen LogP contribution < -0.4 is 0 Å². The van der Waals surface area contributed by atoms with Crippen molar-refractivity contribution in [3.8, 4) is 0 Å². The highest BCUT2D eigenvalue weighted by Gasteiger charge is 2.71. The molecule has 1 N–H and O–H groups in total. The van der Waals surface area contributed by atoms with Crippen LogP contribution in [-0.2, 0) is 0 Å². The van der Waals surface area contributed by atoms with E-state index >= 15 is 0 Å². The predicted molar refractivity (Wildman–Crippen MR) is 66.0 cm³/mol. The molecule has 0 radical (unpaired) electrons. The van der Waals surface area contributed by atoms with Crippen LogP contribution >= 0.6 is 0 Å². The van der Waals surface area contributed by atoms with Crippen LogP contribution in [0.5, 0.6) is 0 Å². The van der Waals surface area contributed by atoms with Gasteiger partial charge >= 0.3 is 0 Å². The maximum Gasteiger partial charge on any atom is 0.0739 e. The highest BCUT2D eigenvalue weighted by Crippen LogP contribution is 2.72. The average Bonchev–Trinajstić information content (AvgIpc) is 2.67. The Labute approximate surface area is 99.6 Å². The van der Waals surface area contributed by atoms with Gasteiger partial charge in [-0.15, -0.1) is 0 Å². The van der Waals surface area contributed by atoms with Crippen molar-refractivity contribution in [2.45, 2.75) is 59.0 Å². The topological polar surface area (TPSA) is 20.2 Å². The normalized spacial score (nSPS) is 58.7. The molecule has 0 saturated heterocycles. The molecule has 0 amide bonds. The van der Waals surface area contributed by atoms with E-state index in [0.717, 1.165) is 11.8 Å². The molecule has 0 aromatic carbocycles. The van der Waals surface area contributed by atoms with Crippen molar-refractivity contribution >= 4 is 0 Å². The van der Waals surface area contributed by atoms with Crippen molar-refractivity contribution in [3.05, 3.63) is 0 Å². The minimum absolute atomic E-state index is 0.329. The second-order valence-corrected chi connectivity index (χ2v) is 7.43. The fourth-order valence-corrected chi connectivity index (χ4v) is 5.38. The Hall–Kier alpha value is -0.0400. The fourth-order valence-electron chi connectivity index (χ4n) is 5.38. The first kappa shape index (κ1) is 11.1. The molecule has 3 rings (SSSR count). The van der Waals surface area contributed by atoms with Gasteiger partial charge in [0.05, 0.1) is 5.60 Å². The van der Waals surface area contributed by atoms with Crippen LogP contribution in [0.1, 0.15) is 53.4 Å². The van der Waals surface area contributed by atoms with Crippen LogP contribution in [0.4, 0.5) is 0 Å². The monoisotopic (exact) mass is 222 g/mol. The van der Waals surface area contributed by atoms with E-state index in [-0.39, 0.29) is 5.60 Å². The van der Waals surface area contributed by atoms with Gasteiger partial charge in [-0.2, -0.15) is 0 Å². The van der Waals surface area contributed by atoms with Crippen LogP contribution in [0.3, 0.4) is 0 Å². The highest BCUT2D eigenvalue weighted by atomic mass is 16.3. The summed E-state index contributed by atoms with van der Waals surface area (Å²) in [5, 5.41) is 11.3. The molecule has 1 nitrogen and oxygen atoms in total. The Morgan fingerprint density at radius 3 is 2.25 bits per heavy atom. The van der Waals surface area contributed by atoms with E-state index in [1.165, 1.54) is 25.7 Å². The molecule has 0 spiro atoms. The van der Waals surface area contributed by atoms with E-state index < -0.39 is 0 Å². The maximum atomic E-state index is 11.3. The van der Waals surface area contributed by atoms with Crippen LogP contribution in [0, 0.1) is 35.0 Å². The number of aliphatic hydroxyl groups is 1. The van der Waals surface area contributed by atoms with Crippen molar-refractivity contribution in [1.29, 1.82) is 0 Å². The molecular weight excluding hydrogens is 196 g/mol. The Bertz CT molecular complexity index is 309. The van der Waals surface area contributed by atoms with Gasteiger partial charge in [-0.25, -0.2) is 0 Å². The van der Waals surface area contributed by atoms with Gasteiger partial charge in [-0.1, -0.05) is 34.1 Å². The summed E-state index contributed by atoms with van der Waals surface area (Å²) in [6.45, 7) is 9.39. The van der Waals surface area contributed by atoms with E-state index in [2.05, 4.69) is 27.7 Å². The molecule has 1 heteroatoms. The van der Waals surface area contributed by atoms with Crippen molar-refractivity contribution in [2.75, 3.05) is 0 Å². The first-order valence-electron chi connectivity index (χ1n) is 7.12. The number of hydrogen-bond donors (Lipinski definition) is 1. The van der Waals surface area contributed by atoms with Gasteiger partial charge in [0, 0.05) is 0 Å². The molecule has 0 heterocycles. The molecule has 3 saturated carbocycles. The van der Waals surface area contributed by atoms with Crippen molar-refractivity contribution in [1.82, 2.24) is 0 Å². The lowest BCUT2D eigenvalue weighted by Crippen LogP contribution is -2.44. The predicted octanol–water partition coefficient (Wildman–Crippen LogP) is 3.47. The Morgan fingerprint density at radius 1 is 0.938 bits per heavy atom. The van der Waals surface area contributed by atoms with E-state index in [0.29, 0.717) is 23.2 Å². The van der Waals surface area contributed by atoms with Crippen LogP contribution in [0.2, 0.25) is 0 Å². The molecule has 92 valence electrons. The third kappa shape index (κ3) is 1.11.